The minimum atomic E-state index is -0.245. The molecule has 0 aliphatic rings. The minimum absolute atomic E-state index is 0.245. The number of aromatic nitrogens is 1. The summed E-state index contributed by atoms with van der Waals surface area (Å²) in [6, 6.07) is 14.2. The molecule has 1 heterocycles. The third-order valence-corrected chi connectivity index (χ3v) is 3.23. The summed E-state index contributed by atoms with van der Waals surface area (Å²) in [7, 11) is 0. The maximum atomic E-state index is 13.7. The van der Waals surface area contributed by atoms with Gasteiger partial charge in [0.25, 0.3) is 0 Å². The number of nitrogens with zero attached hydrogens (tertiary/aromatic N) is 2. The van der Waals surface area contributed by atoms with Crippen molar-refractivity contribution in [2.75, 3.05) is 0 Å². The summed E-state index contributed by atoms with van der Waals surface area (Å²) in [5, 5.41) is 0.854. The molecule has 0 aliphatic carbocycles. The zero-order valence-electron chi connectivity index (χ0n) is 10.6. The molecular formula is C16H11FN2O. The van der Waals surface area contributed by atoms with Crippen LogP contribution in [0.15, 0.2) is 59.7 Å². The number of para-hydroxylation sites is 1. The normalized spacial score (nSPS) is 10.4. The number of aliphatic imine (C=N–C) groups is 1. The van der Waals surface area contributed by atoms with Crippen LogP contribution in [0.2, 0.25) is 0 Å². The molecule has 0 N–H and O–H groups in total. The van der Waals surface area contributed by atoms with Crippen molar-refractivity contribution < 1.29 is 9.18 Å². The van der Waals surface area contributed by atoms with Crippen molar-refractivity contribution in [1.29, 1.82) is 0 Å². The van der Waals surface area contributed by atoms with Crippen molar-refractivity contribution in [1.82, 2.24) is 4.57 Å². The van der Waals surface area contributed by atoms with E-state index in [1.165, 1.54) is 6.07 Å². The second-order valence-corrected chi connectivity index (χ2v) is 4.45. The third-order valence-electron chi connectivity index (χ3n) is 3.23. The zero-order chi connectivity index (χ0) is 13.9. The van der Waals surface area contributed by atoms with Crippen LogP contribution in [0.4, 0.5) is 10.1 Å². The predicted molar refractivity (Wildman–Crippen MR) is 75.2 cm³/mol. The number of hydrogen-bond donors (Lipinski definition) is 0. The van der Waals surface area contributed by atoms with Gasteiger partial charge in [0.2, 0.25) is 6.08 Å². The number of rotatable bonds is 3. The quantitative estimate of drug-likeness (QED) is 0.524. The van der Waals surface area contributed by atoms with E-state index in [1.807, 2.05) is 28.8 Å². The first kappa shape index (κ1) is 12.3. The highest BCUT2D eigenvalue weighted by molar-refractivity contribution is 5.92. The van der Waals surface area contributed by atoms with Crippen LogP contribution in [0.1, 0.15) is 5.56 Å². The van der Waals surface area contributed by atoms with Gasteiger partial charge in [-0.3, -0.25) is 0 Å². The minimum Gasteiger partial charge on any atom is -0.341 e. The van der Waals surface area contributed by atoms with Crippen LogP contribution in [0.3, 0.4) is 0 Å². The lowest BCUT2D eigenvalue weighted by Gasteiger charge is -2.06. The van der Waals surface area contributed by atoms with E-state index < -0.39 is 0 Å². The first-order valence-corrected chi connectivity index (χ1v) is 6.19. The summed E-state index contributed by atoms with van der Waals surface area (Å²) in [6.07, 6.45) is 3.29. The third kappa shape index (κ3) is 2.13. The van der Waals surface area contributed by atoms with Crippen LogP contribution in [0, 0.1) is 5.82 Å². The molecule has 0 unspecified atom stereocenters. The highest BCUT2D eigenvalue weighted by Crippen LogP contribution is 2.28. The van der Waals surface area contributed by atoms with Crippen molar-refractivity contribution in [2.45, 2.75) is 6.54 Å². The molecule has 0 amide bonds. The predicted octanol–water partition coefficient (Wildman–Crippen LogP) is 3.80. The Kier molecular flexibility index (Phi) is 3.15. The van der Waals surface area contributed by atoms with Gasteiger partial charge in [-0.1, -0.05) is 36.4 Å². The van der Waals surface area contributed by atoms with E-state index in [9.17, 15) is 9.18 Å². The van der Waals surface area contributed by atoms with E-state index >= 15 is 0 Å². The van der Waals surface area contributed by atoms with E-state index in [0.29, 0.717) is 17.8 Å². The van der Waals surface area contributed by atoms with Gasteiger partial charge in [0, 0.05) is 17.1 Å². The Bertz CT molecular complexity index is 816. The van der Waals surface area contributed by atoms with Gasteiger partial charge in [-0.2, -0.15) is 4.99 Å². The van der Waals surface area contributed by atoms with Crippen LogP contribution in [0.5, 0.6) is 0 Å². The molecule has 0 atom stereocenters. The van der Waals surface area contributed by atoms with E-state index in [4.69, 9.17) is 0 Å². The highest BCUT2D eigenvalue weighted by Gasteiger charge is 2.09. The molecule has 20 heavy (non-hydrogen) atoms. The first-order chi connectivity index (χ1) is 9.79. The molecule has 0 bridgehead atoms. The molecule has 1 aromatic heterocycles. The molecule has 3 aromatic rings. The second-order valence-electron chi connectivity index (χ2n) is 4.45. The fourth-order valence-electron chi connectivity index (χ4n) is 2.31. The summed E-state index contributed by atoms with van der Waals surface area (Å²) >= 11 is 0. The second kappa shape index (κ2) is 5.11. The molecular weight excluding hydrogens is 255 g/mol. The molecule has 0 saturated heterocycles. The van der Waals surface area contributed by atoms with Crippen LogP contribution in [-0.4, -0.2) is 10.6 Å². The molecule has 0 aliphatic heterocycles. The summed E-state index contributed by atoms with van der Waals surface area (Å²) in [5.74, 6) is -0.245. The van der Waals surface area contributed by atoms with Crippen molar-refractivity contribution >= 4 is 22.7 Å². The van der Waals surface area contributed by atoms with Gasteiger partial charge in [-0.25, -0.2) is 9.18 Å². The topological polar surface area (TPSA) is 34.4 Å². The number of hydrogen-bond acceptors (Lipinski definition) is 2. The van der Waals surface area contributed by atoms with E-state index in [0.717, 1.165) is 10.9 Å². The summed E-state index contributed by atoms with van der Waals surface area (Å²) in [6.45, 7) is 0.390. The monoisotopic (exact) mass is 266 g/mol. The Morgan fingerprint density at radius 2 is 1.85 bits per heavy atom. The van der Waals surface area contributed by atoms with Crippen molar-refractivity contribution in [3.05, 3.63) is 66.1 Å². The summed E-state index contributed by atoms with van der Waals surface area (Å²) < 4.78 is 15.6. The first-order valence-electron chi connectivity index (χ1n) is 6.19. The molecule has 0 spiro atoms. The van der Waals surface area contributed by atoms with Crippen LogP contribution >= 0.6 is 0 Å². The summed E-state index contributed by atoms with van der Waals surface area (Å²) in [5.41, 5.74) is 2.05. The van der Waals surface area contributed by atoms with Crippen molar-refractivity contribution in [3.63, 3.8) is 0 Å². The van der Waals surface area contributed by atoms with Crippen LogP contribution in [0.25, 0.3) is 10.9 Å². The largest absolute Gasteiger partial charge is 0.341 e. The van der Waals surface area contributed by atoms with Gasteiger partial charge < -0.3 is 4.57 Å². The summed E-state index contributed by atoms with van der Waals surface area (Å²) in [4.78, 5) is 14.2. The maximum Gasteiger partial charge on any atom is 0.240 e. The van der Waals surface area contributed by atoms with E-state index in [1.54, 1.807) is 30.5 Å². The fraction of sp³-hybridized carbons (Fsp3) is 0.0625. The number of carbonyl (C=O) groups excluding carboxylic acids is 1. The Labute approximate surface area is 115 Å². The van der Waals surface area contributed by atoms with Crippen LogP contribution in [-0.2, 0) is 11.3 Å². The molecule has 0 saturated carbocycles. The van der Waals surface area contributed by atoms with E-state index in [2.05, 4.69) is 4.99 Å². The van der Waals surface area contributed by atoms with Gasteiger partial charge in [-0.15, -0.1) is 0 Å². The molecule has 98 valence electrons. The lowest BCUT2D eigenvalue weighted by Crippen LogP contribution is -1.99. The Morgan fingerprint density at radius 3 is 2.65 bits per heavy atom. The van der Waals surface area contributed by atoms with Gasteiger partial charge in [0.15, 0.2) is 0 Å². The zero-order valence-corrected chi connectivity index (χ0v) is 10.6. The Morgan fingerprint density at radius 1 is 1.10 bits per heavy atom. The van der Waals surface area contributed by atoms with E-state index in [-0.39, 0.29) is 5.82 Å². The van der Waals surface area contributed by atoms with Gasteiger partial charge in [0.05, 0.1) is 12.1 Å². The maximum absolute atomic E-state index is 13.7. The van der Waals surface area contributed by atoms with Crippen molar-refractivity contribution in [3.8, 4) is 0 Å². The number of halogens is 1. The molecule has 3 nitrogen and oxygen atoms in total. The average molecular weight is 266 g/mol. The smallest absolute Gasteiger partial charge is 0.240 e. The molecule has 0 fully saturated rings. The molecule has 0 radical (unpaired) electrons. The number of fused-ring (bicyclic) bond motifs is 1. The molecule has 2 aromatic carbocycles. The van der Waals surface area contributed by atoms with Gasteiger partial charge >= 0.3 is 0 Å². The lowest BCUT2D eigenvalue weighted by atomic mass is 10.2. The lowest BCUT2D eigenvalue weighted by molar-refractivity contribution is 0.565. The number of isocyanates is 1. The highest BCUT2D eigenvalue weighted by atomic mass is 19.1. The van der Waals surface area contributed by atoms with Gasteiger partial charge in [-0.05, 0) is 12.1 Å². The number of benzene rings is 2. The Balaban J connectivity index is 2.12. The van der Waals surface area contributed by atoms with Crippen molar-refractivity contribution in [2.24, 2.45) is 4.99 Å². The fourth-order valence-corrected chi connectivity index (χ4v) is 2.31. The Hall–Kier alpha value is -2.71. The standard InChI is InChI=1S/C16H11FN2O/c17-14-7-3-1-5-12(14)9-19-10-15(18-11-20)13-6-2-4-8-16(13)19/h1-8,10H,9H2. The SMILES string of the molecule is O=C=Nc1cn(Cc2ccccc2F)c2ccccc12. The van der Waals surface area contributed by atoms with Gasteiger partial charge in [0.1, 0.15) is 11.5 Å². The molecule has 4 heteroatoms. The van der Waals surface area contributed by atoms with Crippen LogP contribution < -0.4 is 0 Å². The average Bonchev–Trinajstić information content (AvgIpc) is 2.81. The molecule has 3 rings (SSSR count).